The molecule has 1 heterocycles. The van der Waals surface area contributed by atoms with Gasteiger partial charge in [0.15, 0.2) is 6.61 Å². The van der Waals surface area contributed by atoms with Gasteiger partial charge in [-0.3, -0.25) is 29.4 Å². The van der Waals surface area contributed by atoms with E-state index in [2.05, 4.69) is 5.32 Å². The lowest BCUT2D eigenvalue weighted by Gasteiger charge is -2.31. The number of amides is 3. The number of fused-ring (bicyclic) bond motifs is 1. The van der Waals surface area contributed by atoms with Gasteiger partial charge in [0.05, 0.1) is 10.6 Å². The summed E-state index contributed by atoms with van der Waals surface area (Å²) in [4.78, 5) is 50.5. The summed E-state index contributed by atoms with van der Waals surface area (Å²) in [6, 6.07) is 10.6. The number of likely N-dealkylation sites (N-methyl/N-ethyl adjacent to an activating group) is 1. The molecule has 3 rings (SSSR count). The summed E-state index contributed by atoms with van der Waals surface area (Å²) in [5.74, 6) is -0.505. The quantitative estimate of drug-likeness (QED) is 0.373. The zero-order valence-corrected chi connectivity index (χ0v) is 18.3. The van der Waals surface area contributed by atoms with Crippen LogP contribution in [0.3, 0.4) is 0 Å². The van der Waals surface area contributed by atoms with E-state index in [1.807, 2.05) is 13.8 Å². The molecule has 10 heteroatoms. The second-order valence-corrected chi connectivity index (χ2v) is 7.19. The SMILES string of the molecule is CCN(CC)C(=O)CN1C(=O)COc2ccc(NC(=O)/C=C/c3ccc([N+](=O)[O-])cc3)cc21. The average Bonchev–Trinajstić information content (AvgIpc) is 2.80. The number of ether oxygens (including phenoxy) is 1. The molecule has 1 aliphatic rings. The van der Waals surface area contributed by atoms with Crippen molar-refractivity contribution in [3.05, 3.63) is 64.2 Å². The molecule has 33 heavy (non-hydrogen) atoms. The molecule has 3 amide bonds. The minimum Gasteiger partial charge on any atom is -0.482 e. The maximum Gasteiger partial charge on any atom is 0.269 e. The van der Waals surface area contributed by atoms with Gasteiger partial charge in [0.25, 0.3) is 11.6 Å². The first-order valence-corrected chi connectivity index (χ1v) is 10.4. The van der Waals surface area contributed by atoms with Gasteiger partial charge in [0.1, 0.15) is 12.3 Å². The Morgan fingerprint density at radius 1 is 1.18 bits per heavy atom. The number of rotatable bonds is 8. The molecule has 172 valence electrons. The van der Waals surface area contributed by atoms with Crippen molar-refractivity contribution >= 4 is 40.9 Å². The molecule has 0 atom stereocenters. The second-order valence-electron chi connectivity index (χ2n) is 7.19. The van der Waals surface area contributed by atoms with Gasteiger partial charge in [-0.05, 0) is 55.8 Å². The van der Waals surface area contributed by atoms with Crippen LogP contribution in [0.5, 0.6) is 5.75 Å². The van der Waals surface area contributed by atoms with E-state index in [0.29, 0.717) is 35.8 Å². The minimum atomic E-state index is -0.496. The summed E-state index contributed by atoms with van der Waals surface area (Å²) in [6.45, 7) is 4.54. The molecule has 1 aliphatic heterocycles. The fourth-order valence-corrected chi connectivity index (χ4v) is 3.33. The van der Waals surface area contributed by atoms with Gasteiger partial charge in [-0.2, -0.15) is 0 Å². The number of hydrogen-bond acceptors (Lipinski definition) is 6. The van der Waals surface area contributed by atoms with Crippen LogP contribution in [0.4, 0.5) is 17.1 Å². The molecule has 1 N–H and O–H groups in total. The van der Waals surface area contributed by atoms with Gasteiger partial charge >= 0.3 is 0 Å². The van der Waals surface area contributed by atoms with Crippen molar-refractivity contribution in [2.24, 2.45) is 0 Å². The van der Waals surface area contributed by atoms with Gasteiger partial charge in [-0.1, -0.05) is 0 Å². The Bertz CT molecular complexity index is 1090. The molecule has 0 saturated heterocycles. The first-order chi connectivity index (χ1) is 15.8. The number of anilines is 2. The van der Waals surface area contributed by atoms with Gasteiger partial charge < -0.3 is 15.0 Å². The van der Waals surface area contributed by atoms with E-state index in [0.717, 1.165) is 0 Å². The molecule has 2 aromatic rings. The van der Waals surface area contributed by atoms with Gasteiger partial charge in [0.2, 0.25) is 11.8 Å². The van der Waals surface area contributed by atoms with Crippen LogP contribution in [-0.2, 0) is 14.4 Å². The molecule has 0 bridgehead atoms. The summed E-state index contributed by atoms with van der Waals surface area (Å²) < 4.78 is 5.46. The molecule has 0 saturated carbocycles. The average molecular weight is 452 g/mol. The van der Waals surface area contributed by atoms with Crippen molar-refractivity contribution < 1.29 is 24.0 Å². The first-order valence-electron chi connectivity index (χ1n) is 10.4. The van der Waals surface area contributed by atoms with E-state index < -0.39 is 10.8 Å². The summed E-state index contributed by atoms with van der Waals surface area (Å²) in [5.41, 5.74) is 1.42. The first kappa shape index (κ1) is 23.5. The van der Waals surface area contributed by atoms with E-state index in [-0.39, 0.29) is 30.7 Å². The number of hydrogen-bond donors (Lipinski definition) is 1. The van der Waals surface area contributed by atoms with Crippen LogP contribution in [0.15, 0.2) is 48.5 Å². The Balaban J connectivity index is 1.73. The van der Waals surface area contributed by atoms with Crippen LogP contribution >= 0.6 is 0 Å². The molecule has 2 aromatic carbocycles. The summed E-state index contributed by atoms with van der Waals surface area (Å²) >= 11 is 0. The predicted molar refractivity (Wildman–Crippen MR) is 123 cm³/mol. The fourth-order valence-electron chi connectivity index (χ4n) is 3.33. The Hall–Kier alpha value is -4.21. The molecule has 0 aromatic heterocycles. The third kappa shape index (κ3) is 5.73. The topological polar surface area (TPSA) is 122 Å². The lowest BCUT2D eigenvalue weighted by atomic mass is 10.2. The maximum atomic E-state index is 12.5. The summed E-state index contributed by atoms with van der Waals surface area (Å²) in [5, 5.41) is 13.4. The molecule has 0 radical (unpaired) electrons. The monoisotopic (exact) mass is 452 g/mol. The van der Waals surface area contributed by atoms with Gasteiger partial charge in [0, 0.05) is 37.0 Å². The molecule has 0 spiro atoms. The van der Waals surface area contributed by atoms with Crippen molar-refractivity contribution in [1.29, 1.82) is 0 Å². The number of nitro benzene ring substituents is 1. The van der Waals surface area contributed by atoms with Crippen molar-refractivity contribution in [3.63, 3.8) is 0 Å². The molecular formula is C23H24N4O6. The Labute approximate surface area is 190 Å². The Morgan fingerprint density at radius 3 is 2.52 bits per heavy atom. The molecule has 0 unspecified atom stereocenters. The highest BCUT2D eigenvalue weighted by molar-refractivity contribution is 6.05. The highest BCUT2D eigenvalue weighted by Gasteiger charge is 2.28. The van der Waals surface area contributed by atoms with Gasteiger partial charge in [-0.25, -0.2) is 0 Å². The van der Waals surface area contributed by atoms with Crippen molar-refractivity contribution in [1.82, 2.24) is 4.90 Å². The van der Waals surface area contributed by atoms with Crippen molar-refractivity contribution in [2.45, 2.75) is 13.8 Å². The second kappa shape index (κ2) is 10.4. The number of carbonyl (C=O) groups excluding carboxylic acids is 3. The summed E-state index contributed by atoms with van der Waals surface area (Å²) in [6.07, 6.45) is 2.82. The number of nitrogens with one attached hydrogen (secondary N) is 1. The molecule has 0 aliphatic carbocycles. The smallest absolute Gasteiger partial charge is 0.269 e. The third-order valence-corrected chi connectivity index (χ3v) is 5.11. The highest BCUT2D eigenvalue weighted by atomic mass is 16.6. The number of nitro groups is 1. The van der Waals surface area contributed by atoms with E-state index in [9.17, 15) is 24.5 Å². The van der Waals surface area contributed by atoms with Gasteiger partial charge in [-0.15, -0.1) is 0 Å². The predicted octanol–water partition coefficient (Wildman–Crippen LogP) is 2.84. The Morgan fingerprint density at radius 2 is 1.88 bits per heavy atom. The molecular weight excluding hydrogens is 428 g/mol. The number of carbonyl (C=O) groups is 3. The molecule has 0 fully saturated rings. The normalized spacial score (nSPS) is 12.8. The van der Waals surface area contributed by atoms with Crippen molar-refractivity contribution in [2.75, 3.05) is 36.5 Å². The highest BCUT2D eigenvalue weighted by Crippen LogP contribution is 2.34. The maximum absolute atomic E-state index is 12.5. The van der Waals surface area contributed by atoms with Crippen LogP contribution in [-0.4, -0.2) is 53.8 Å². The minimum absolute atomic E-state index is 0.0357. The van der Waals surface area contributed by atoms with Crippen LogP contribution in [0, 0.1) is 10.1 Å². The van der Waals surface area contributed by atoms with Crippen LogP contribution in [0.25, 0.3) is 6.08 Å². The summed E-state index contributed by atoms with van der Waals surface area (Å²) in [7, 11) is 0. The zero-order valence-electron chi connectivity index (χ0n) is 18.3. The van der Waals surface area contributed by atoms with Crippen molar-refractivity contribution in [3.8, 4) is 5.75 Å². The van der Waals surface area contributed by atoms with E-state index in [4.69, 9.17) is 4.74 Å². The molecule has 10 nitrogen and oxygen atoms in total. The standard InChI is InChI=1S/C23H24N4O6/c1-3-25(4-2)22(29)14-26-19-13-17(8-11-20(19)33-15-23(26)30)24-21(28)12-7-16-5-9-18(10-6-16)27(31)32/h5-13H,3-4,14-15H2,1-2H3,(H,24,28)/b12-7+. The van der Waals surface area contributed by atoms with Crippen LogP contribution in [0.1, 0.15) is 19.4 Å². The number of nitrogens with zero attached hydrogens (tertiary/aromatic N) is 3. The lowest BCUT2D eigenvalue weighted by molar-refractivity contribution is -0.384. The Kier molecular flexibility index (Phi) is 7.39. The van der Waals surface area contributed by atoms with E-state index >= 15 is 0 Å². The fraction of sp³-hybridized carbons (Fsp3) is 0.261. The van der Waals surface area contributed by atoms with Crippen LogP contribution < -0.4 is 15.0 Å². The largest absolute Gasteiger partial charge is 0.482 e. The van der Waals surface area contributed by atoms with E-state index in [1.165, 1.54) is 41.3 Å². The number of non-ortho nitro benzene ring substituents is 1. The lowest BCUT2D eigenvalue weighted by Crippen LogP contribution is -2.46. The number of benzene rings is 2. The third-order valence-electron chi connectivity index (χ3n) is 5.11. The zero-order chi connectivity index (χ0) is 24.0. The van der Waals surface area contributed by atoms with Crippen LogP contribution in [0.2, 0.25) is 0 Å². The van der Waals surface area contributed by atoms with E-state index in [1.54, 1.807) is 23.1 Å².